The second-order valence-corrected chi connectivity index (χ2v) is 6.85. The van der Waals surface area contributed by atoms with Crippen LogP contribution in [0.5, 0.6) is 0 Å². The first-order valence-electron chi connectivity index (χ1n) is 7.61. The predicted octanol–water partition coefficient (Wildman–Crippen LogP) is 0.693. The second kappa shape index (κ2) is 8.31. The molecule has 0 aromatic heterocycles. The molecule has 126 valence electrons. The first kappa shape index (κ1) is 17.7. The van der Waals surface area contributed by atoms with Gasteiger partial charge in [-0.3, -0.25) is 9.59 Å². The van der Waals surface area contributed by atoms with E-state index in [0.29, 0.717) is 24.3 Å². The minimum absolute atomic E-state index is 0.166. The zero-order valence-electron chi connectivity index (χ0n) is 13.3. The molecule has 3 N–H and O–H groups in total. The van der Waals surface area contributed by atoms with Crippen LogP contribution < -0.4 is 16.0 Å². The van der Waals surface area contributed by atoms with E-state index in [0.717, 1.165) is 0 Å². The van der Waals surface area contributed by atoms with E-state index in [1.165, 1.54) is 17.8 Å². The highest BCUT2D eigenvalue weighted by Gasteiger charge is 2.32. The van der Waals surface area contributed by atoms with Gasteiger partial charge in [-0.05, 0) is 32.0 Å². The Morgan fingerprint density at radius 1 is 1.48 bits per heavy atom. The summed E-state index contributed by atoms with van der Waals surface area (Å²) in [5.74, 6) is -0.213. The Kier molecular flexibility index (Phi) is 6.41. The number of nitrogens with one attached hydrogen (secondary N) is 3. The Hall–Kier alpha value is -1.60. The fraction of sp³-hybridized carbons (Fsp3) is 0.500. The molecule has 3 unspecified atom stereocenters. The standard InChI is InChI=1S/C16H22FN3O2S/c1-10(18-2)8-19-15(21)13-9-23-14(16(22)20-13)7-11-5-3-4-6-12(11)17/h3-6,10,13-14,18H,7-9H2,1-2H3,(H,19,21)(H,20,22). The number of thioether (sulfide) groups is 1. The van der Waals surface area contributed by atoms with Crippen LogP contribution in [-0.2, 0) is 16.0 Å². The maximum Gasteiger partial charge on any atom is 0.243 e. The van der Waals surface area contributed by atoms with Crippen molar-refractivity contribution in [3.8, 4) is 0 Å². The Bertz CT molecular complexity index is 570. The Morgan fingerprint density at radius 2 is 2.22 bits per heavy atom. The summed E-state index contributed by atoms with van der Waals surface area (Å²) in [6.45, 7) is 2.46. The van der Waals surface area contributed by atoms with Crippen LogP contribution in [0.2, 0.25) is 0 Å². The van der Waals surface area contributed by atoms with Crippen LogP contribution in [0.15, 0.2) is 24.3 Å². The van der Waals surface area contributed by atoms with E-state index >= 15 is 0 Å². The topological polar surface area (TPSA) is 70.2 Å². The molecule has 1 heterocycles. The summed E-state index contributed by atoms with van der Waals surface area (Å²) in [6.07, 6.45) is 0.328. The molecule has 3 atom stereocenters. The number of benzene rings is 1. The van der Waals surface area contributed by atoms with E-state index < -0.39 is 6.04 Å². The largest absolute Gasteiger partial charge is 0.353 e. The van der Waals surface area contributed by atoms with Crippen molar-refractivity contribution in [2.75, 3.05) is 19.3 Å². The second-order valence-electron chi connectivity index (χ2n) is 5.61. The molecule has 2 rings (SSSR count). The third-order valence-electron chi connectivity index (χ3n) is 3.83. The molecule has 2 amide bonds. The van der Waals surface area contributed by atoms with E-state index in [2.05, 4.69) is 16.0 Å². The molecule has 0 aliphatic carbocycles. The normalized spacial score (nSPS) is 22.3. The number of amides is 2. The first-order valence-corrected chi connectivity index (χ1v) is 8.66. The molecule has 0 spiro atoms. The molecule has 1 aliphatic heterocycles. The van der Waals surface area contributed by atoms with Gasteiger partial charge in [-0.1, -0.05) is 18.2 Å². The molecule has 0 radical (unpaired) electrons. The van der Waals surface area contributed by atoms with Gasteiger partial charge in [0.1, 0.15) is 11.9 Å². The zero-order valence-corrected chi connectivity index (χ0v) is 14.1. The van der Waals surface area contributed by atoms with Crippen LogP contribution in [0.25, 0.3) is 0 Å². The highest BCUT2D eigenvalue weighted by Crippen LogP contribution is 2.23. The van der Waals surface area contributed by atoms with Gasteiger partial charge in [0.25, 0.3) is 0 Å². The average molecular weight is 339 g/mol. The van der Waals surface area contributed by atoms with Crippen molar-refractivity contribution in [3.05, 3.63) is 35.6 Å². The van der Waals surface area contributed by atoms with Crippen LogP contribution in [-0.4, -0.2) is 48.5 Å². The third-order valence-corrected chi connectivity index (χ3v) is 5.14. The molecule has 1 aliphatic rings. The summed E-state index contributed by atoms with van der Waals surface area (Å²) >= 11 is 1.40. The highest BCUT2D eigenvalue weighted by molar-refractivity contribution is 8.00. The van der Waals surface area contributed by atoms with Gasteiger partial charge in [0, 0.05) is 18.3 Å². The van der Waals surface area contributed by atoms with Gasteiger partial charge in [0.15, 0.2) is 0 Å². The summed E-state index contributed by atoms with van der Waals surface area (Å²) in [5.41, 5.74) is 0.519. The van der Waals surface area contributed by atoms with Crippen LogP contribution in [0, 0.1) is 5.82 Å². The highest BCUT2D eigenvalue weighted by atomic mass is 32.2. The summed E-state index contributed by atoms with van der Waals surface area (Å²) in [5, 5.41) is 8.20. The fourth-order valence-corrected chi connectivity index (χ4v) is 3.41. The SMILES string of the molecule is CNC(C)CNC(=O)C1CSC(Cc2ccccc2F)C(=O)N1. The zero-order chi connectivity index (χ0) is 16.8. The van der Waals surface area contributed by atoms with Crippen LogP contribution in [0.3, 0.4) is 0 Å². The number of carbonyl (C=O) groups is 2. The lowest BCUT2D eigenvalue weighted by Gasteiger charge is -2.28. The first-order chi connectivity index (χ1) is 11.0. The number of rotatable bonds is 6. The lowest BCUT2D eigenvalue weighted by molar-refractivity contribution is -0.128. The Balaban J connectivity index is 1.86. The predicted molar refractivity (Wildman–Crippen MR) is 89.8 cm³/mol. The maximum absolute atomic E-state index is 13.7. The number of halogens is 1. The molecule has 1 aromatic carbocycles. The van der Waals surface area contributed by atoms with E-state index in [1.807, 2.05) is 14.0 Å². The molecule has 1 fully saturated rings. The molecule has 7 heteroatoms. The molecule has 0 saturated carbocycles. The summed E-state index contributed by atoms with van der Waals surface area (Å²) < 4.78 is 13.7. The number of hydrogen-bond donors (Lipinski definition) is 3. The summed E-state index contributed by atoms with van der Waals surface area (Å²) in [6, 6.07) is 6.08. The van der Waals surface area contributed by atoms with Crippen molar-refractivity contribution in [1.82, 2.24) is 16.0 Å². The van der Waals surface area contributed by atoms with Gasteiger partial charge in [-0.2, -0.15) is 0 Å². The number of carbonyl (C=O) groups excluding carboxylic acids is 2. The van der Waals surface area contributed by atoms with Crippen LogP contribution in [0.1, 0.15) is 12.5 Å². The molecule has 5 nitrogen and oxygen atoms in total. The maximum atomic E-state index is 13.7. The third kappa shape index (κ3) is 4.94. The van der Waals surface area contributed by atoms with Gasteiger partial charge in [0.05, 0.1) is 5.25 Å². The van der Waals surface area contributed by atoms with E-state index in [9.17, 15) is 14.0 Å². The van der Waals surface area contributed by atoms with Gasteiger partial charge in [-0.15, -0.1) is 11.8 Å². The molecule has 1 aromatic rings. The molecule has 0 bridgehead atoms. The Labute approximate surface area is 139 Å². The van der Waals surface area contributed by atoms with Gasteiger partial charge < -0.3 is 16.0 Å². The van der Waals surface area contributed by atoms with Crippen molar-refractivity contribution in [3.63, 3.8) is 0 Å². The van der Waals surface area contributed by atoms with Crippen molar-refractivity contribution in [1.29, 1.82) is 0 Å². The van der Waals surface area contributed by atoms with Crippen molar-refractivity contribution < 1.29 is 14.0 Å². The van der Waals surface area contributed by atoms with E-state index in [-0.39, 0.29) is 28.9 Å². The number of hydrogen-bond acceptors (Lipinski definition) is 4. The summed E-state index contributed by atoms with van der Waals surface area (Å²) in [4.78, 5) is 24.2. The lowest BCUT2D eigenvalue weighted by Crippen LogP contribution is -2.55. The van der Waals surface area contributed by atoms with Crippen molar-refractivity contribution in [2.45, 2.75) is 30.7 Å². The average Bonchev–Trinajstić information content (AvgIpc) is 2.56. The lowest BCUT2D eigenvalue weighted by atomic mass is 10.1. The monoisotopic (exact) mass is 339 g/mol. The minimum Gasteiger partial charge on any atom is -0.353 e. The minimum atomic E-state index is -0.534. The van der Waals surface area contributed by atoms with Crippen molar-refractivity contribution >= 4 is 23.6 Å². The summed E-state index contributed by atoms with van der Waals surface area (Å²) in [7, 11) is 1.82. The van der Waals surface area contributed by atoms with Gasteiger partial charge in [0.2, 0.25) is 11.8 Å². The fourth-order valence-electron chi connectivity index (χ4n) is 2.23. The number of likely N-dealkylation sites (N-methyl/N-ethyl adjacent to an activating group) is 1. The van der Waals surface area contributed by atoms with E-state index in [4.69, 9.17) is 0 Å². The van der Waals surface area contributed by atoms with Crippen LogP contribution >= 0.6 is 11.8 Å². The Morgan fingerprint density at radius 3 is 2.87 bits per heavy atom. The van der Waals surface area contributed by atoms with Gasteiger partial charge >= 0.3 is 0 Å². The molecule has 1 saturated heterocycles. The smallest absolute Gasteiger partial charge is 0.243 e. The molecule has 23 heavy (non-hydrogen) atoms. The quantitative estimate of drug-likeness (QED) is 0.713. The van der Waals surface area contributed by atoms with Crippen LogP contribution in [0.4, 0.5) is 4.39 Å². The van der Waals surface area contributed by atoms with E-state index in [1.54, 1.807) is 18.2 Å². The van der Waals surface area contributed by atoms with Crippen molar-refractivity contribution in [2.24, 2.45) is 0 Å². The molecular formula is C16H22FN3O2S. The molecular weight excluding hydrogens is 317 g/mol. The van der Waals surface area contributed by atoms with Gasteiger partial charge in [-0.25, -0.2) is 4.39 Å².